The molecule has 0 fully saturated rings. The van der Waals surface area contributed by atoms with Gasteiger partial charge in [0, 0.05) is 4.43 Å². The zero-order valence-electron chi connectivity index (χ0n) is 3.40. The minimum atomic E-state index is -0.727. The van der Waals surface area contributed by atoms with Crippen LogP contribution in [-0.2, 0) is 4.79 Å². The first-order valence-electron chi connectivity index (χ1n) is 1.61. The Bertz CT molecular complexity index is 73.3. The second-order valence-electron chi connectivity index (χ2n) is 0.960. The van der Waals surface area contributed by atoms with E-state index in [4.69, 9.17) is 5.11 Å². The third-order valence-electron chi connectivity index (χ3n) is 0.403. The number of halogens is 2. The molecule has 0 heterocycles. The number of aliphatic carboxylic acids is 1. The maximum absolute atomic E-state index is 9.92. The molecular weight excluding hydrogens is 322 g/mol. The van der Waals surface area contributed by atoms with Crippen molar-refractivity contribution in [2.24, 2.45) is 0 Å². The molecule has 1 N–H and O–H groups in total. The average Bonchev–Trinajstić information content (AvgIpc) is 1.65. The van der Waals surface area contributed by atoms with E-state index >= 15 is 0 Å². The first kappa shape index (κ1) is 7.93. The first-order chi connectivity index (χ1) is 3.18. The largest absolute Gasteiger partial charge is 0.480 e. The van der Waals surface area contributed by atoms with Gasteiger partial charge in [-0.25, -0.2) is 0 Å². The van der Waals surface area contributed by atoms with Crippen LogP contribution in [0.5, 0.6) is 0 Å². The number of hydrogen-bond donors (Lipinski definition) is 1. The van der Waals surface area contributed by atoms with Crippen molar-refractivity contribution in [3.63, 3.8) is 0 Å². The van der Waals surface area contributed by atoms with Crippen LogP contribution >= 0.6 is 45.2 Å². The number of alkyl halides is 2. The maximum Gasteiger partial charge on any atom is 0.317 e. The van der Waals surface area contributed by atoms with E-state index in [1.165, 1.54) is 0 Å². The molecule has 0 saturated carbocycles. The number of rotatable bonds is 2. The average molecular weight is 326 g/mol. The van der Waals surface area contributed by atoms with Crippen LogP contribution < -0.4 is 0 Å². The van der Waals surface area contributed by atoms with Crippen molar-refractivity contribution in [2.45, 2.75) is 3.92 Å². The van der Waals surface area contributed by atoms with Gasteiger partial charge >= 0.3 is 5.97 Å². The number of carboxylic acids is 1. The Morgan fingerprint density at radius 2 is 2.29 bits per heavy atom. The third kappa shape index (κ3) is 3.51. The molecule has 0 aromatic rings. The SMILES string of the molecule is O=C(O)C(I)CI. The molecule has 1 unspecified atom stereocenters. The van der Waals surface area contributed by atoms with Crippen molar-refractivity contribution in [3.8, 4) is 0 Å². The van der Waals surface area contributed by atoms with Crippen LogP contribution in [0.15, 0.2) is 0 Å². The molecule has 0 aromatic heterocycles. The zero-order chi connectivity index (χ0) is 5.86. The van der Waals surface area contributed by atoms with Crippen LogP contribution in [0, 0.1) is 0 Å². The summed E-state index contributed by atoms with van der Waals surface area (Å²) in [6.07, 6.45) is 0. The summed E-state index contributed by atoms with van der Waals surface area (Å²) in [7, 11) is 0. The molecule has 4 heteroatoms. The molecule has 0 spiro atoms. The lowest BCUT2D eigenvalue weighted by Gasteiger charge is -1.93. The summed E-state index contributed by atoms with van der Waals surface area (Å²) < 4.78 is 0.450. The van der Waals surface area contributed by atoms with Gasteiger partial charge in [-0.15, -0.1) is 0 Å². The summed E-state index contributed by atoms with van der Waals surface area (Å²) in [5.74, 6) is -0.727. The summed E-state index contributed by atoms with van der Waals surface area (Å²) in [5.41, 5.74) is 0. The molecular formula is C3H4I2O2. The standard InChI is InChI=1S/C3H4I2O2/c4-1-2(5)3(6)7/h2H,1H2,(H,6,7). The van der Waals surface area contributed by atoms with Crippen molar-refractivity contribution < 1.29 is 9.90 Å². The second-order valence-corrected chi connectivity index (χ2v) is 3.34. The van der Waals surface area contributed by atoms with E-state index in [0.29, 0.717) is 4.43 Å². The molecule has 0 bridgehead atoms. The Hall–Kier alpha value is 0.930. The Labute approximate surface area is 68.9 Å². The highest BCUT2D eigenvalue weighted by Gasteiger charge is 2.08. The van der Waals surface area contributed by atoms with Crippen LogP contribution in [0.2, 0.25) is 0 Å². The van der Waals surface area contributed by atoms with E-state index in [1.807, 2.05) is 45.2 Å². The van der Waals surface area contributed by atoms with Crippen LogP contribution in [-0.4, -0.2) is 19.4 Å². The van der Waals surface area contributed by atoms with E-state index in [2.05, 4.69) is 0 Å². The molecule has 0 aliphatic carbocycles. The molecule has 0 radical (unpaired) electrons. The van der Waals surface area contributed by atoms with Crippen molar-refractivity contribution in [3.05, 3.63) is 0 Å². The number of carboxylic acid groups (broad SMARTS) is 1. The van der Waals surface area contributed by atoms with Crippen molar-refractivity contribution in [1.29, 1.82) is 0 Å². The van der Waals surface area contributed by atoms with Crippen molar-refractivity contribution >= 4 is 51.2 Å². The quantitative estimate of drug-likeness (QED) is 0.614. The van der Waals surface area contributed by atoms with Crippen LogP contribution in [0.25, 0.3) is 0 Å². The minimum Gasteiger partial charge on any atom is -0.480 e. The fraction of sp³-hybridized carbons (Fsp3) is 0.667. The highest BCUT2D eigenvalue weighted by atomic mass is 127. The van der Waals surface area contributed by atoms with E-state index in [-0.39, 0.29) is 3.92 Å². The Balaban J connectivity index is 3.34. The zero-order valence-corrected chi connectivity index (χ0v) is 7.71. The lowest BCUT2D eigenvalue weighted by atomic mass is 10.5. The van der Waals surface area contributed by atoms with Gasteiger partial charge in [0.2, 0.25) is 0 Å². The summed E-state index contributed by atoms with van der Waals surface area (Å²) in [6.45, 7) is 0. The number of hydrogen-bond acceptors (Lipinski definition) is 1. The highest BCUT2D eigenvalue weighted by Crippen LogP contribution is 2.03. The van der Waals surface area contributed by atoms with Crippen LogP contribution in [0.3, 0.4) is 0 Å². The lowest BCUT2D eigenvalue weighted by molar-refractivity contribution is -0.135. The molecule has 1 atom stereocenters. The Kier molecular flexibility index (Phi) is 4.39. The molecule has 42 valence electrons. The van der Waals surface area contributed by atoms with Gasteiger partial charge in [0.1, 0.15) is 3.92 Å². The summed E-state index contributed by atoms with van der Waals surface area (Å²) in [5, 5.41) is 8.17. The van der Waals surface area contributed by atoms with Gasteiger partial charge in [-0.2, -0.15) is 0 Å². The molecule has 0 aliphatic heterocycles. The molecule has 0 rings (SSSR count). The van der Waals surface area contributed by atoms with Crippen LogP contribution in [0.4, 0.5) is 0 Å². The third-order valence-corrected chi connectivity index (χ3v) is 3.94. The Morgan fingerprint density at radius 3 is 2.29 bits per heavy atom. The first-order valence-corrected chi connectivity index (χ1v) is 4.38. The van der Waals surface area contributed by atoms with Crippen LogP contribution in [0.1, 0.15) is 0 Å². The van der Waals surface area contributed by atoms with Gasteiger partial charge < -0.3 is 5.11 Å². The van der Waals surface area contributed by atoms with Gasteiger partial charge in [-0.3, -0.25) is 4.79 Å². The molecule has 7 heavy (non-hydrogen) atoms. The lowest BCUT2D eigenvalue weighted by Crippen LogP contribution is -2.12. The van der Waals surface area contributed by atoms with Gasteiger partial charge in [-0.1, -0.05) is 45.2 Å². The summed E-state index contributed by atoms with van der Waals surface area (Å²) >= 11 is 3.93. The summed E-state index contributed by atoms with van der Waals surface area (Å²) in [4.78, 5) is 9.92. The smallest absolute Gasteiger partial charge is 0.317 e. The van der Waals surface area contributed by atoms with E-state index in [9.17, 15) is 4.79 Å². The fourth-order valence-corrected chi connectivity index (χ4v) is 0.443. The van der Waals surface area contributed by atoms with Gasteiger partial charge in [-0.05, 0) is 0 Å². The molecule has 0 aromatic carbocycles. The highest BCUT2D eigenvalue weighted by molar-refractivity contribution is 14.1. The predicted molar refractivity (Wildman–Crippen MR) is 44.3 cm³/mol. The molecule has 0 amide bonds. The van der Waals surface area contributed by atoms with Gasteiger partial charge in [0.15, 0.2) is 0 Å². The van der Waals surface area contributed by atoms with E-state index in [1.54, 1.807) is 0 Å². The molecule has 2 nitrogen and oxygen atoms in total. The van der Waals surface area contributed by atoms with Gasteiger partial charge in [0.25, 0.3) is 0 Å². The summed E-state index contributed by atoms with van der Waals surface area (Å²) in [6, 6.07) is 0. The molecule has 0 saturated heterocycles. The fourth-order valence-electron chi connectivity index (χ4n) is 0.0660. The van der Waals surface area contributed by atoms with Crippen molar-refractivity contribution in [2.75, 3.05) is 4.43 Å². The number of carbonyl (C=O) groups is 1. The monoisotopic (exact) mass is 326 g/mol. The van der Waals surface area contributed by atoms with E-state index < -0.39 is 5.97 Å². The van der Waals surface area contributed by atoms with E-state index in [0.717, 1.165) is 0 Å². The topological polar surface area (TPSA) is 37.3 Å². The maximum atomic E-state index is 9.92. The molecule has 0 aliphatic rings. The Morgan fingerprint density at radius 1 is 1.86 bits per heavy atom. The van der Waals surface area contributed by atoms with Crippen molar-refractivity contribution in [1.82, 2.24) is 0 Å². The van der Waals surface area contributed by atoms with Gasteiger partial charge in [0.05, 0.1) is 0 Å². The predicted octanol–water partition coefficient (Wildman–Crippen LogP) is 1.31. The second kappa shape index (κ2) is 3.88. The normalized spacial score (nSPS) is 13.4. The minimum absolute atomic E-state index is 0.224.